The maximum atomic E-state index is 13.6. The Balaban J connectivity index is 1.38. The highest BCUT2D eigenvalue weighted by molar-refractivity contribution is 6.31. The van der Waals surface area contributed by atoms with Crippen molar-refractivity contribution in [3.8, 4) is 0 Å². The molecule has 9 nitrogen and oxygen atoms in total. The quantitative estimate of drug-likeness (QED) is 0.382. The fourth-order valence-electron chi connectivity index (χ4n) is 4.23. The number of para-hydroxylation sites is 1. The van der Waals surface area contributed by atoms with Crippen molar-refractivity contribution in [3.05, 3.63) is 81.4 Å². The highest BCUT2D eigenvalue weighted by atomic mass is 35.5. The molecule has 0 bridgehead atoms. The Morgan fingerprint density at radius 3 is 2.86 bits per heavy atom. The molecule has 1 aliphatic rings. The first kappa shape index (κ1) is 21.5. The molecule has 10 heteroatoms. The molecule has 0 atom stereocenters. The van der Waals surface area contributed by atoms with Crippen LogP contribution < -0.4 is 10.9 Å². The van der Waals surface area contributed by atoms with Gasteiger partial charge in [0.1, 0.15) is 24.1 Å². The molecular weight excluding hydrogens is 468 g/mol. The first-order chi connectivity index (χ1) is 17.0. The topological polar surface area (TPSA) is 108 Å². The summed E-state index contributed by atoms with van der Waals surface area (Å²) in [4.78, 5) is 35.5. The minimum atomic E-state index is -0.288. The molecule has 0 saturated heterocycles. The fraction of sp³-hybridized carbons (Fsp3) is 0.240. The Labute approximate surface area is 204 Å². The lowest BCUT2D eigenvalue weighted by molar-refractivity contribution is -0.116. The van der Waals surface area contributed by atoms with Gasteiger partial charge >= 0.3 is 0 Å². The SMILES string of the molecule is Cc1ccc(NC(=O)Cn2c3ccccc3c3ncn(Cc4nc(C5CC5)no4)c(=O)c32)cc1Cl. The zero-order chi connectivity index (χ0) is 24.1. The van der Waals surface area contributed by atoms with Gasteiger partial charge in [-0.3, -0.25) is 14.2 Å². The third-order valence-corrected chi connectivity index (χ3v) is 6.63. The standard InChI is InChI=1S/C25H21ClN6O3/c1-14-6-9-16(10-18(14)26)28-20(33)11-32-19-5-3-2-4-17(19)22-23(32)25(34)31(13-27-22)12-21-29-24(30-35-21)15-7-8-15/h2-6,9-10,13,15H,7-8,11-12H2,1H3,(H,28,33). The molecule has 3 aromatic heterocycles. The van der Waals surface area contributed by atoms with Crippen molar-refractivity contribution in [1.82, 2.24) is 24.3 Å². The molecule has 176 valence electrons. The second kappa shape index (κ2) is 8.35. The molecule has 3 heterocycles. The number of aromatic nitrogens is 5. The summed E-state index contributed by atoms with van der Waals surface area (Å²) in [5, 5.41) is 8.25. The first-order valence-electron chi connectivity index (χ1n) is 11.3. The number of rotatable bonds is 6. The second-order valence-corrected chi connectivity index (χ2v) is 9.22. The van der Waals surface area contributed by atoms with Crippen molar-refractivity contribution >= 4 is 45.1 Å². The summed E-state index contributed by atoms with van der Waals surface area (Å²) in [7, 11) is 0. The van der Waals surface area contributed by atoms with E-state index in [1.807, 2.05) is 37.3 Å². The lowest BCUT2D eigenvalue weighted by atomic mass is 10.2. The van der Waals surface area contributed by atoms with Gasteiger partial charge in [0.25, 0.3) is 5.56 Å². The van der Waals surface area contributed by atoms with Crippen LogP contribution in [0.25, 0.3) is 21.9 Å². The molecule has 35 heavy (non-hydrogen) atoms. The number of nitrogens with one attached hydrogen (secondary N) is 1. The van der Waals surface area contributed by atoms with E-state index in [1.165, 1.54) is 10.9 Å². The number of benzene rings is 2. The van der Waals surface area contributed by atoms with Crippen LogP contribution in [0.3, 0.4) is 0 Å². The third kappa shape index (κ3) is 3.97. The van der Waals surface area contributed by atoms with Crippen LogP contribution >= 0.6 is 11.6 Å². The maximum absolute atomic E-state index is 13.6. The normalized spacial score (nSPS) is 13.5. The Bertz CT molecular complexity index is 1660. The number of hydrogen-bond acceptors (Lipinski definition) is 6. The predicted molar refractivity (Wildman–Crippen MR) is 132 cm³/mol. The zero-order valence-corrected chi connectivity index (χ0v) is 19.6. The average Bonchev–Trinajstić information content (AvgIpc) is 3.51. The predicted octanol–water partition coefficient (Wildman–Crippen LogP) is 4.26. The number of carbonyl (C=O) groups excluding carboxylic acids is 1. The molecule has 0 radical (unpaired) electrons. The van der Waals surface area contributed by atoms with Gasteiger partial charge in [-0.05, 0) is 43.5 Å². The van der Waals surface area contributed by atoms with Gasteiger partial charge in [0, 0.05) is 22.0 Å². The molecule has 2 aromatic carbocycles. The Kier molecular flexibility index (Phi) is 5.14. The van der Waals surface area contributed by atoms with Gasteiger partial charge < -0.3 is 14.4 Å². The molecule has 1 N–H and O–H groups in total. The van der Waals surface area contributed by atoms with E-state index in [-0.39, 0.29) is 24.6 Å². The smallest absolute Gasteiger partial charge is 0.278 e. The van der Waals surface area contributed by atoms with E-state index < -0.39 is 0 Å². The summed E-state index contributed by atoms with van der Waals surface area (Å²) in [5.41, 5.74) is 2.85. The first-order valence-corrected chi connectivity index (χ1v) is 11.7. The van der Waals surface area contributed by atoms with Gasteiger partial charge in [-0.2, -0.15) is 4.98 Å². The molecule has 6 rings (SSSR count). The van der Waals surface area contributed by atoms with Gasteiger partial charge in [-0.25, -0.2) is 4.98 Å². The van der Waals surface area contributed by atoms with Crippen molar-refractivity contribution in [2.45, 2.75) is 38.8 Å². The lowest BCUT2D eigenvalue weighted by Crippen LogP contribution is -2.25. The van der Waals surface area contributed by atoms with Gasteiger partial charge in [0.2, 0.25) is 11.8 Å². The molecule has 0 spiro atoms. The number of amides is 1. The van der Waals surface area contributed by atoms with Crippen LogP contribution in [0.2, 0.25) is 5.02 Å². The van der Waals surface area contributed by atoms with E-state index in [0.717, 1.165) is 29.3 Å². The molecule has 1 saturated carbocycles. The van der Waals surface area contributed by atoms with Crippen LogP contribution in [0, 0.1) is 6.92 Å². The zero-order valence-electron chi connectivity index (χ0n) is 18.9. The molecular formula is C25H21ClN6O3. The van der Waals surface area contributed by atoms with Crippen LogP contribution in [0.4, 0.5) is 5.69 Å². The summed E-state index contributed by atoms with van der Waals surface area (Å²) >= 11 is 6.20. The number of carbonyl (C=O) groups is 1. The van der Waals surface area contributed by atoms with Gasteiger partial charge in [-0.15, -0.1) is 0 Å². The Morgan fingerprint density at radius 2 is 2.06 bits per heavy atom. The average molecular weight is 489 g/mol. The van der Waals surface area contributed by atoms with Gasteiger partial charge in [0.05, 0.1) is 11.8 Å². The number of hydrogen-bond donors (Lipinski definition) is 1. The summed E-state index contributed by atoms with van der Waals surface area (Å²) in [6.07, 6.45) is 3.60. The maximum Gasteiger partial charge on any atom is 0.278 e. The van der Waals surface area contributed by atoms with Gasteiger partial charge in [0.15, 0.2) is 5.82 Å². The van der Waals surface area contributed by atoms with Crippen LogP contribution in [0.1, 0.15) is 36.0 Å². The third-order valence-electron chi connectivity index (χ3n) is 6.22. The summed E-state index contributed by atoms with van der Waals surface area (Å²) in [6.45, 7) is 1.94. The molecule has 1 fully saturated rings. The fourth-order valence-corrected chi connectivity index (χ4v) is 4.41. The molecule has 0 unspecified atom stereocenters. The number of nitrogens with zero attached hydrogens (tertiary/aromatic N) is 5. The van der Waals surface area contributed by atoms with Crippen LogP contribution in [-0.4, -0.2) is 30.2 Å². The number of fused-ring (bicyclic) bond motifs is 3. The van der Waals surface area contributed by atoms with E-state index in [0.29, 0.717) is 39.4 Å². The van der Waals surface area contributed by atoms with Crippen LogP contribution in [0.5, 0.6) is 0 Å². The van der Waals surface area contributed by atoms with E-state index in [4.69, 9.17) is 16.1 Å². The summed E-state index contributed by atoms with van der Waals surface area (Å²) < 4.78 is 8.47. The van der Waals surface area contributed by atoms with Gasteiger partial charge in [-0.1, -0.05) is 41.0 Å². The van der Waals surface area contributed by atoms with Crippen molar-refractivity contribution in [2.24, 2.45) is 0 Å². The molecule has 0 aliphatic heterocycles. The van der Waals surface area contributed by atoms with E-state index >= 15 is 0 Å². The van der Waals surface area contributed by atoms with Crippen molar-refractivity contribution < 1.29 is 9.32 Å². The number of anilines is 1. The summed E-state index contributed by atoms with van der Waals surface area (Å²) in [5.74, 6) is 1.11. The van der Waals surface area contributed by atoms with Crippen molar-refractivity contribution in [1.29, 1.82) is 0 Å². The second-order valence-electron chi connectivity index (χ2n) is 8.81. The van der Waals surface area contributed by atoms with E-state index in [2.05, 4.69) is 20.4 Å². The Hall–Kier alpha value is -3.98. The summed E-state index contributed by atoms with van der Waals surface area (Å²) in [6, 6.07) is 12.8. The van der Waals surface area contributed by atoms with Crippen LogP contribution in [-0.2, 0) is 17.9 Å². The van der Waals surface area contributed by atoms with Crippen molar-refractivity contribution in [2.75, 3.05) is 5.32 Å². The largest absolute Gasteiger partial charge is 0.337 e. The minimum Gasteiger partial charge on any atom is -0.337 e. The monoisotopic (exact) mass is 488 g/mol. The highest BCUT2D eigenvalue weighted by Gasteiger charge is 2.29. The van der Waals surface area contributed by atoms with Crippen LogP contribution in [0.15, 0.2) is 58.1 Å². The minimum absolute atomic E-state index is 0.0666. The molecule has 1 amide bonds. The molecule has 5 aromatic rings. The lowest BCUT2D eigenvalue weighted by Gasteiger charge is -2.10. The number of halogens is 1. The Morgan fingerprint density at radius 1 is 1.23 bits per heavy atom. The van der Waals surface area contributed by atoms with E-state index in [1.54, 1.807) is 16.7 Å². The highest BCUT2D eigenvalue weighted by Crippen LogP contribution is 2.38. The molecule has 1 aliphatic carbocycles. The van der Waals surface area contributed by atoms with E-state index in [9.17, 15) is 9.59 Å². The number of aryl methyl sites for hydroxylation is 1. The van der Waals surface area contributed by atoms with Crippen molar-refractivity contribution in [3.63, 3.8) is 0 Å².